The van der Waals surface area contributed by atoms with Gasteiger partial charge in [-0.2, -0.15) is 0 Å². The molecular weight excluding hydrogens is 244 g/mol. The third-order valence-corrected chi connectivity index (χ3v) is 3.63. The molecule has 18 heavy (non-hydrogen) atoms. The van der Waals surface area contributed by atoms with Gasteiger partial charge in [-0.15, -0.1) is 11.3 Å². The second kappa shape index (κ2) is 4.31. The SMILES string of the molecule is Cc1nc2ccc(NC(O)=C3C=CC=C3)cc2s1. The summed E-state index contributed by atoms with van der Waals surface area (Å²) in [5.74, 6) is 0.167. The maximum atomic E-state index is 9.93. The van der Waals surface area contributed by atoms with E-state index in [2.05, 4.69) is 10.3 Å². The van der Waals surface area contributed by atoms with Crippen molar-refractivity contribution in [1.29, 1.82) is 0 Å². The zero-order valence-electron chi connectivity index (χ0n) is 9.84. The average molecular weight is 256 g/mol. The quantitative estimate of drug-likeness (QED) is 0.801. The summed E-state index contributed by atoms with van der Waals surface area (Å²) >= 11 is 1.65. The van der Waals surface area contributed by atoms with Crippen LogP contribution in [0.15, 0.2) is 54.0 Å². The van der Waals surface area contributed by atoms with E-state index in [9.17, 15) is 5.11 Å². The Kier molecular flexibility index (Phi) is 2.64. The first-order valence-corrected chi connectivity index (χ1v) is 6.46. The zero-order valence-corrected chi connectivity index (χ0v) is 10.7. The predicted octanol–water partition coefficient (Wildman–Crippen LogP) is 3.91. The van der Waals surface area contributed by atoms with Gasteiger partial charge in [-0.05, 0) is 37.3 Å². The smallest absolute Gasteiger partial charge is 0.196 e. The van der Waals surface area contributed by atoms with Crippen LogP contribution in [0.25, 0.3) is 10.2 Å². The number of benzene rings is 1. The molecule has 0 fully saturated rings. The van der Waals surface area contributed by atoms with Crippen molar-refractivity contribution in [2.75, 3.05) is 5.32 Å². The van der Waals surface area contributed by atoms with Gasteiger partial charge in [0.25, 0.3) is 0 Å². The molecule has 0 unspecified atom stereocenters. The van der Waals surface area contributed by atoms with E-state index in [0.717, 1.165) is 26.5 Å². The number of hydrogen-bond donors (Lipinski definition) is 2. The monoisotopic (exact) mass is 256 g/mol. The summed E-state index contributed by atoms with van der Waals surface area (Å²) < 4.78 is 1.12. The third-order valence-electron chi connectivity index (χ3n) is 2.69. The van der Waals surface area contributed by atoms with E-state index in [0.29, 0.717) is 0 Å². The number of anilines is 1. The maximum Gasteiger partial charge on any atom is 0.196 e. The first-order chi connectivity index (χ1) is 8.72. The highest BCUT2D eigenvalue weighted by Gasteiger charge is 2.05. The zero-order chi connectivity index (χ0) is 12.5. The fraction of sp³-hybridized carbons (Fsp3) is 0.0714. The lowest BCUT2D eigenvalue weighted by Gasteiger charge is -2.06. The minimum absolute atomic E-state index is 0.167. The Hall–Kier alpha value is -2.07. The number of allylic oxidation sites excluding steroid dienone is 5. The van der Waals surface area contributed by atoms with Gasteiger partial charge >= 0.3 is 0 Å². The average Bonchev–Trinajstić information content (AvgIpc) is 2.95. The summed E-state index contributed by atoms with van der Waals surface area (Å²) in [4.78, 5) is 4.40. The van der Waals surface area contributed by atoms with Crippen LogP contribution < -0.4 is 5.32 Å². The molecule has 1 aromatic heterocycles. The van der Waals surface area contributed by atoms with Gasteiger partial charge in [-0.3, -0.25) is 0 Å². The second-order valence-electron chi connectivity index (χ2n) is 4.06. The Morgan fingerprint density at radius 2 is 2.06 bits per heavy atom. The standard InChI is InChI=1S/C14H12N2OS/c1-9-15-12-7-6-11(8-13(12)18-9)16-14(17)10-4-2-3-5-10/h2-8,16-17H,1H3. The van der Waals surface area contributed by atoms with Gasteiger partial charge in [0.15, 0.2) is 5.88 Å². The summed E-state index contributed by atoms with van der Waals surface area (Å²) in [6, 6.07) is 5.87. The number of aryl methyl sites for hydroxylation is 1. The van der Waals surface area contributed by atoms with Gasteiger partial charge < -0.3 is 10.4 Å². The second-order valence-corrected chi connectivity index (χ2v) is 5.30. The Balaban J connectivity index is 1.93. The summed E-state index contributed by atoms with van der Waals surface area (Å²) in [5, 5.41) is 14.0. The number of fused-ring (bicyclic) bond motifs is 1. The van der Waals surface area contributed by atoms with Crippen molar-refractivity contribution < 1.29 is 5.11 Å². The molecule has 0 saturated carbocycles. The topological polar surface area (TPSA) is 45.2 Å². The highest BCUT2D eigenvalue weighted by atomic mass is 32.1. The number of nitrogens with zero attached hydrogens (tertiary/aromatic N) is 1. The van der Waals surface area contributed by atoms with Crippen molar-refractivity contribution in [2.45, 2.75) is 6.92 Å². The number of rotatable bonds is 2. The molecule has 1 aliphatic carbocycles. The van der Waals surface area contributed by atoms with Crippen molar-refractivity contribution >= 4 is 27.2 Å². The van der Waals surface area contributed by atoms with E-state index in [1.165, 1.54) is 0 Å². The van der Waals surface area contributed by atoms with Gasteiger partial charge in [-0.1, -0.05) is 12.2 Å². The van der Waals surface area contributed by atoms with Gasteiger partial charge in [0.2, 0.25) is 0 Å². The Bertz CT molecular complexity index is 681. The van der Waals surface area contributed by atoms with Crippen LogP contribution in [0.5, 0.6) is 0 Å². The molecule has 1 aromatic carbocycles. The number of aromatic nitrogens is 1. The molecule has 4 heteroatoms. The largest absolute Gasteiger partial charge is 0.494 e. The normalized spacial score (nSPS) is 13.5. The van der Waals surface area contributed by atoms with Crippen molar-refractivity contribution in [1.82, 2.24) is 4.98 Å². The van der Waals surface area contributed by atoms with E-state index in [4.69, 9.17) is 0 Å². The van der Waals surface area contributed by atoms with Crippen molar-refractivity contribution in [3.05, 3.63) is 59.0 Å². The minimum Gasteiger partial charge on any atom is -0.494 e. The molecule has 0 saturated heterocycles. The first-order valence-electron chi connectivity index (χ1n) is 5.64. The Morgan fingerprint density at radius 3 is 2.83 bits per heavy atom. The van der Waals surface area contributed by atoms with Gasteiger partial charge in [0, 0.05) is 11.3 Å². The first kappa shape index (κ1) is 11.0. The predicted molar refractivity (Wildman–Crippen MR) is 75.9 cm³/mol. The van der Waals surface area contributed by atoms with Gasteiger partial charge in [0.05, 0.1) is 15.2 Å². The molecule has 0 bridgehead atoms. The number of hydrogen-bond acceptors (Lipinski definition) is 4. The fourth-order valence-corrected chi connectivity index (χ4v) is 2.72. The van der Waals surface area contributed by atoms with Crippen molar-refractivity contribution in [2.24, 2.45) is 0 Å². The molecule has 0 amide bonds. The van der Waals surface area contributed by atoms with Crippen molar-refractivity contribution in [3.63, 3.8) is 0 Å². The molecule has 90 valence electrons. The Labute approximate surface area is 109 Å². The van der Waals surface area contributed by atoms with Crippen LogP contribution in [0.2, 0.25) is 0 Å². The lowest BCUT2D eigenvalue weighted by Crippen LogP contribution is -2.00. The molecule has 1 aliphatic rings. The summed E-state index contributed by atoms with van der Waals surface area (Å²) in [6.45, 7) is 1.99. The van der Waals surface area contributed by atoms with Gasteiger partial charge in [0.1, 0.15) is 0 Å². The number of aliphatic hydroxyl groups excluding tert-OH is 1. The molecule has 0 atom stereocenters. The Morgan fingerprint density at radius 1 is 1.28 bits per heavy atom. The van der Waals surface area contributed by atoms with E-state index < -0.39 is 0 Å². The molecule has 3 rings (SSSR count). The highest BCUT2D eigenvalue weighted by Crippen LogP contribution is 2.25. The molecule has 2 N–H and O–H groups in total. The lowest BCUT2D eigenvalue weighted by atomic mass is 10.2. The summed E-state index contributed by atoms with van der Waals surface area (Å²) in [7, 11) is 0. The summed E-state index contributed by atoms with van der Waals surface area (Å²) in [6.07, 6.45) is 7.50. The number of thiazole rings is 1. The van der Waals surface area contributed by atoms with Crippen LogP contribution >= 0.6 is 11.3 Å². The van der Waals surface area contributed by atoms with Gasteiger partial charge in [-0.25, -0.2) is 4.98 Å². The van der Waals surface area contributed by atoms with Crippen LogP contribution in [0.1, 0.15) is 5.01 Å². The molecule has 0 aliphatic heterocycles. The summed E-state index contributed by atoms with van der Waals surface area (Å²) in [5.41, 5.74) is 2.65. The number of aliphatic hydroxyl groups is 1. The van der Waals surface area contributed by atoms with Crippen LogP contribution in [-0.2, 0) is 0 Å². The van der Waals surface area contributed by atoms with Crippen LogP contribution in [0.3, 0.4) is 0 Å². The van der Waals surface area contributed by atoms with Crippen molar-refractivity contribution in [3.8, 4) is 0 Å². The maximum absolute atomic E-state index is 9.93. The molecule has 1 heterocycles. The highest BCUT2D eigenvalue weighted by molar-refractivity contribution is 7.18. The lowest BCUT2D eigenvalue weighted by molar-refractivity contribution is 0.416. The number of nitrogens with one attached hydrogen (secondary N) is 1. The van der Waals surface area contributed by atoms with Crippen LogP contribution in [0.4, 0.5) is 5.69 Å². The minimum atomic E-state index is 0.167. The third kappa shape index (κ3) is 2.02. The molecule has 2 aromatic rings. The molecule has 0 radical (unpaired) electrons. The molecule has 0 spiro atoms. The fourth-order valence-electron chi connectivity index (χ4n) is 1.86. The van der Waals surface area contributed by atoms with Crippen LogP contribution in [0, 0.1) is 6.92 Å². The molecule has 3 nitrogen and oxygen atoms in total. The molecular formula is C14H12N2OS. The van der Waals surface area contributed by atoms with E-state index >= 15 is 0 Å². The van der Waals surface area contributed by atoms with E-state index in [1.807, 2.05) is 49.4 Å². The van der Waals surface area contributed by atoms with Crippen LogP contribution in [-0.4, -0.2) is 10.1 Å². The van der Waals surface area contributed by atoms with E-state index in [-0.39, 0.29) is 5.88 Å². The van der Waals surface area contributed by atoms with E-state index in [1.54, 1.807) is 11.3 Å².